The van der Waals surface area contributed by atoms with Gasteiger partial charge in [0.1, 0.15) is 35.5 Å². The third-order valence-corrected chi connectivity index (χ3v) is 7.00. The van der Waals surface area contributed by atoms with E-state index in [1.807, 2.05) is 18.2 Å². The number of halogens is 2. The Morgan fingerprint density at radius 2 is 1.84 bits per heavy atom. The molecule has 1 aliphatic rings. The lowest BCUT2D eigenvalue weighted by atomic mass is 10.1. The highest BCUT2D eigenvalue weighted by atomic mass is 19.1. The summed E-state index contributed by atoms with van der Waals surface area (Å²) in [6.07, 6.45) is 4.99. The molecule has 1 fully saturated rings. The number of para-hydroxylation sites is 1. The Kier molecular flexibility index (Phi) is 8.64. The number of nitrogens with zero attached hydrogens (tertiary/aromatic N) is 5. The fourth-order valence-electron chi connectivity index (χ4n) is 4.62. The molecule has 3 heterocycles. The molecule has 2 aromatic carbocycles. The van der Waals surface area contributed by atoms with E-state index in [1.54, 1.807) is 24.4 Å². The van der Waals surface area contributed by atoms with Crippen LogP contribution in [0.2, 0.25) is 0 Å². The number of carbonyl (C=O) groups is 1. The fraction of sp³-hybridized carbons (Fsp3) is 0.258. The monoisotopic (exact) mass is 616 g/mol. The number of methoxy groups -OCH3 is 2. The lowest BCUT2D eigenvalue weighted by Gasteiger charge is -2.12. The molecule has 1 aliphatic carbocycles. The van der Waals surface area contributed by atoms with E-state index in [4.69, 9.17) is 14.2 Å². The maximum atomic E-state index is 15.1. The van der Waals surface area contributed by atoms with Gasteiger partial charge in [-0.25, -0.2) is 28.5 Å². The van der Waals surface area contributed by atoms with E-state index in [0.717, 1.165) is 25.0 Å². The van der Waals surface area contributed by atoms with Crippen molar-refractivity contribution in [3.8, 4) is 23.0 Å². The highest BCUT2D eigenvalue weighted by molar-refractivity contribution is 5.92. The second kappa shape index (κ2) is 13.1. The van der Waals surface area contributed by atoms with Crippen molar-refractivity contribution in [2.45, 2.75) is 25.4 Å². The number of fused-ring (bicyclic) bond motifs is 1. The van der Waals surface area contributed by atoms with Crippen molar-refractivity contribution >= 4 is 34.3 Å². The molecule has 3 aromatic heterocycles. The number of carbonyl (C=O) groups excluding carboxylic acids is 1. The summed E-state index contributed by atoms with van der Waals surface area (Å²) in [5.74, 6) is -0.141. The Morgan fingerprint density at radius 3 is 2.60 bits per heavy atom. The number of amides is 2. The SMILES string of the molecule is COCCOc1cc(F)c(Cn2nc(-c3ncc(OC)c(Nc4ccnc(NC(=O)NC5CC5)c4)n3)c3ccccc32)c(F)c1. The molecule has 12 nitrogen and oxygen atoms in total. The molecule has 0 atom stereocenters. The van der Waals surface area contributed by atoms with Crippen molar-refractivity contribution in [1.29, 1.82) is 0 Å². The first kappa shape index (κ1) is 29.7. The maximum absolute atomic E-state index is 15.1. The molecule has 6 rings (SSSR count). The van der Waals surface area contributed by atoms with E-state index in [-0.39, 0.29) is 49.0 Å². The van der Waals surface area contributed by atoms with Gasteiger partial charge in [-0.15, -0.1) is 0 Å². The molecule has 45 heavy (non-hydrogen) atoms. The van der Waals surface area contributed by atoms with Crippen LogP contribution in [0.25, 0.3) is 22.4 Å². The Hall–Kier alpha value is -5.37. The zero-order chi connectivity index (χ0) is 31.3. The second-order valence-corrected chi connectivity index (χ2v) is 10.3. The number of ether oxygens (including phenoxy) is 3. The minimum Gasteiger partial charge on any atom is -0.491 e. The number of urea groups is 1. The van der Waals surface area contributed by atoms with Crippen LogP contribution < -0.4 is 25.4 Å². The molecule has 0 radical (unpaired) electrons. The number of hydrogen-bond acceptors (Lipinski definition) is 9. The van der Waals surface area contributed by atoms with Gasteiger partial charge in [0.05, 0.1) is 32.0 Å². The van der Waals surface area contributed by atoms with Gasteiger partial charge in [0, 0.05) is 54.2 Å². The minimum atomic E-state index is -0.757. The normalized spacial score (nSPS) is 12.6. The number of hydrogen-bond donors (Lipinski definition) is 3. The summed E-state index contributed by atoms with van der Waals surface area (Å²) in [5, 5.41) is 14.1. The number of aromatic nitrogens is 5. The summed E-state index contributed by atoms with van der Waals surface area (Å²) in [6, 6.07) is 12.8. The van der Waals surface area contributed by atoms with Gasteiger partial charge in [0.25, 0.3) is 0 Å². The van der Waals surface area contributed by atoms with Crippen molar-refractivity contribution in [1.82, 2.24) is 30.0 Å². The summed E-state index contributed by atoms with van der Waals surface area (Å²) in [6.45, 7) is 0.272. The van der Waals surface area contributed by atoms with Gasteiger partial charge < -0.3 is 24.8 Å². The van der Waals surface area contributed by atoms with Crippen molar-refractivity contribution in [3.63, 3.8) is 0 Å². The molecule has 2 amide bonds. The summed E-state index contributed by atoms with van der Waals surface area (Å²) >= 11 is 0. The standard InChI is InChI=1S/C31H30F2N8O4/c1-43-11-12-45-20-14-23(32)22(24(33)15-20)17-41-25-6-4-3-5-21(25)28(40-41)30-35-16-26(44-2)29(39-30)36-19-9-10-34-27(13-19)38-31(42)37-18-7-8-18/h3-6,9-10,13-16,18H,7-8,11-12,17H2,1-2H3,(H3,34,35,36,37,38,39,42). The molecule has 5 aromatic rings. The number of benzene rings is 2. The second-order valence-electron chi connectivity index (χ2n) is 10.3. The molecular weight excluding hydrogens is 586 g/mol. The topological polar surface area (TPSA) is 137 Å². The summed E-state index contributed by atoms with van der Waals surface area (Å²) in [4.78, 5) is 25.5. The highest BCUT2D eigenvalue weighted by Gasteiger charge is 2.23. The third kappa shape index (κ3) is 6.91. The summed E-state index contributed by atoms with van der Waals surface area (Å²) < 4.78 is 47.4. The van der Waals surface area contributed by atoms with Crippen LogP contribution in [-0.2, 0) is 11.3 Å². The lowest BCUT2D eigenvalue weighted by Crippen LogP contribution is -2.30. The Balaban J connectivity index is 1.28. The first-order valence-corrected chi connectivity index (χ1v) is 14.2. The lowest BCUT2D eigenvalue weighted by molar-refractivity contribution is 0.146. The summed E-state index contributed by atoms with van der Waals surface area (Å²) in [7, 11) is 3.00. The molecule has 3 N–H and O–H groups in total. The zero-order valence-electron chi connectivity index (χ0n) is 24.5. The van der Waals surface area contributed by atoms with Gasteiger partial charge in [0.15, 0.2) is 17.4 Å². The molecule has 0 saturated heterocycles. The largest absolute Gasteiger partial charge is 0.491 e. The Bertz CT molecular complexity index is 1820. The first-order valence-electron chi connectivity index (χ1n) is 14.2. The van der Waals surface area contributed by atoms with Crippen molar-refractivity contribution in [3.05, 3.63) is 78.1 Å². The van der Waals surface area contributed by atoms with Crippen LogP contribution >= 0.6 is 0 Å². The minimum absolute atomic E-state index is 0.0714. The van der Waals surface area contributed by atoms with Crippen LogP contribution in [0.15, 0.2) is 60.9 Å². The predicted molar refractivity (Wildman–Crippen MR) is 163 cm³/mol. The number of nitrogens with one attached hydrogen (secondary N) is 3. The van der Waals surface area contributed by atoms with Gasteiger partial charge in [-0.3, -0.25) is 10.00 Å². The average Bonchev–Trinajstić information content (AvgIpc) is 3.77. The molecule has 232 valence electrons. The van der Waals surface area contributed by atoms with Crippen LogP contribution in [0.1, 0.15) is 18.4 Å². The fourth-order valence-corrected chi connectivity index (χ4v) is 4.62. The third-order valence-electron chi connectivity index (χ3n) is 7.00. The van der Waals surface area contributed by atoms with Gasteiger partial charge >= 0.3 is 6.03 Å². The predicted octanol–water partition coefficient (Wildman–Crippen LogP) is 5.28. The molecule has 0 bridgehead atoms. The van der Waals surface area contributed by atoms with E-state index >= 15 is 8.78 Å². The smallest absolute Gasteiger partial charge is 0.320 e. The van der Waals surface area contributed by atoms with Gasteiger partial charge in [-0.2, -0.15) is 5.10 Å². The molecule has 14 heteroatoms. The number of rotatable bonds is 12. The van der Waals surface area contributed by atoms with Crippen molar-refractivity contribution in [2.75, 3.05) is 38.1 Å². The summed E-state index contributed by atoms with van der Waals surface area (Å²) in [5.41, 5.74) is 1.46. The van der Waals surface area contributed by atoms with Crippen molar-refractivity contribution in [2.24, 2.45) is 0 Å². The van der Waals surface area contributed by atoms with E-state index in [2.05, 4.69) is 36.0 Å². The molecular formula is C31H30F2N8O4. The molecule has 1 saturated carbocycles. The Morgan fingerprint density at radius 1 is 1.04 bits per heavy atom. The zero-order valence-corrected chi connectivity index (χ0v) is 24.5. The van der Waals surface area contributed by atoms with Gasteiger partial charge in [0.2, 0.25) is 0 Å². The number of anilines is 3. The van der Waals surface area contributed by atoms with E-state index in [9.17, 15) is 4.79 Å². The van der Waals surface area contributed by atoms with Crippen LogP contribution in [0.3, 0.4) is 0 Å². The van der Waals surface area contributed by atoms with Crippen LogP contribution in [0.5, 0.6) is 11.5 Å². The highest BCUT2D eigenvalue weighted by Crippen LogP contribution is 2.32. The Labute approximate surface area is 256 Å². The first-order chi connectivity index (χ1) is 21.9. The van der Waals surface area contributed by atoms with Crippen LogP contribution in [-0.4, -0.2) is 64.2 Å². The molecule has 0 spiro atoms. The van der Waals surface area contributed by atoms with E-state index in [1.165, 1.54) is 25.1 Å². The van der Waals surface area contributed by atoms with Crippen LogP contribution in [0.4, 0.5) is 30.9 Å². The average molecular weight is 617 g/mol. The van der Waals surface area contributed by atoms with Gasteiger partial charge in [-0.1, -0.05) is 18.2 Å². The van der Waals surface area contributed by atoms with E-state index < -0.39 is 11.6 Å². The van der Waals surface area contributed by atoms with E-state index in [0.29, 0.717) is 39.7 Å². The quantitative estimate of drug-likeness (QED) is 0.160. The number of pyridine rings is 1. The molecule has 0 aliphatic heterocycles. The van der Waals surface area contributed by atoms with Crippen molar-refractivity contribution < 1.29 is 27.8 Å². The van der Waals surface area contributed by atoms with Crippen LogP contribution in [0, 0.1) is 11.6 Å². The molecule has 0 unspecified atom stereocenters. The van der Waals surface area contributed by atoms with Gasteiger partial charge in [-0.05, 0) is 25.0 Å². The maximum Gasteiger partial charge on any atom is 0.320 e.